The van der Waals surface area contributed by atoms with Gasteiger partial charge in [0.15, 0.2) is 5.84 Å². The first-order valence-corrected chi connectivity index (χ1v) is 6.94. The highest BCUT2D eigenvalue weighted by Crippen LogP contribution is 2.41. The largest absolute Gasteiger partial charge is 0.485 e. The maximum Gasteiger partial charge on any atom is 0.416 e. The number of rotatable bonds is 2. The Hall–Kier alpha value is -2.77. The summed E-state index contributed by atoms with van der Waals surface area (Å²) in [4.78, 5) is 0. The van der Waals surface area contributed by atoms with Crippen LogP contribution in [0, 0.1) is 5.82 Å². The zero-order chi connectivity index (χ0) is 17.5. The molecule has 0 fully saturated rings. The van der Waals surface area contributed by atoms with Crippen LogP contribution in [0.4, 0.5) is 17.6 Å². The second kappa shape index (κ2) is 5.70. The number of amidine groups is 1. The van der Waals surface area contributed by atoms with Crippen LogP contribution < -0.4 is 10.5 Å². The topological polar surface area (TPSA) is 67.8 Å². The zero-order valence-corrected chi connectivity index (χ0v) is 12.1. The average molecular weight is 340 g/mol. The number of nitrogens with zero attached hydrogens (tertiary/aromatic N) is 1. The Morgan fingerprint density at radius 2 is 2.00 bits per heavy atom. The zero-order valence-electron chi connectivity index (χ0n) is 12.1. The highest BCUT2D eigenvalue weighted by molar-refractivity contribution is 5.97. The van der Waals surface area contributed by atoms with Gasteiger partial charge in [-0.15, -0.1) is 0 Å². The number of alkyl halides is 3. The van der Waals surface area contributed by atoms with E-state index in [0.717, 1.165) is 12.1 Å². The molecule has 0 saturated heterocycles. The summed E-state index contributed by atoms with van der Waals surface area (Å²) in [6.45, 7) is 0. The molecule has 0 aromatic heterocycles. The fourth-order valence-corrected chi connectivity index (χ4v) is 2.65. The van der Waals surface area contributed by atoms with Crippen LogP contribution in [0.3, 0.4) is 0 Å². The number of fused-ring (bicyclic) bond motifs is 1. The molecule has 0 radical (unpaired) electrons. The van der Waals surface area contributed by atoms with Gasteiger partial charge in [0.2, 0.25) is 0 Å². The van der Waals surface area contributed by atoms with Crippen molar-refractivity contribution in [2.24, 2.45) is 10.9 Å². The van der Waals surface area contributed by atoms with E-state index in [1.165, 1.54) is 24.3 Å². The quantitative estimate of drug-likeness (QED) is 0.288. The van der Waals surface area contributed by atoms with Crippen LogP contribution in [-0.4, -0.2) is 11.0 Å². The molecule has 8 heteroatoms. The number of nitrogens with two attached hydrogens (primary N) is 1. The van der Waals surface area contributed by atoms with E-state index in [1.54, 1.807) is 0 Å². The number of benzene rings is 2. The first kappa shape index (κ1) is 16.1. The molecule has 1 aliphatic heterocycles. The lowest BCUT2D eigenvalue weighted by molar-refractivity contribution is -0.137. The summed E-state index contributed by atoms with van der Waals surface area (Å²) < 4.78 is 58.4. The molecule has 3 N–H and O–H groups in total. The van der Waals surface area contributed by atoms with Gasteiger partial charge in [-0.05, 0) is 29.8 Å². The lowest BCUT2D eigenvalue weighted by Crippen LogP contribution is -2.17. The van der Waals surface area contributed by atoms with E-state index in [2.05, 4.69) is 5.16 Å². The van der Waals surface area contributed by atoms with Gasteiger partial charge in [0.1, 0.15) is 17.7 Å². The summed E-state index contributed by atoms with van der Waals surface area (Å²) in [7, 11) is 0. The molecule has 0 saturated carbocycles. The van der Waals surface area contributed by atoms with Crippen molar-refractivity contribution in [3.05, 3.63) is 64.5 Å². The van der Waals surface area contributed by atoms with Gasteiger partial charge >= 0.3 is 6.18 Å². The highest BCUT2D eigenvalue weighted by Gasteiger charge is 2.34. The van der Waals surface area contributed by atoms with Crippen LogP contribution in [-0.2, 0) is 12.6 Å². The van der Waals surface area contributed by atoms with Crippen LogP contribution in [0.1, 0.15) is 28.4 Å². The molecule has 1 aliphatic rings. The van der Waals surface area contributed by atoms with Crippen molar-refractivity contribution in [1.29, 1.82) is 0 Å². The van der Waals surface area contributed by atoms with Crippen LogP contribution in [0.2, 0.25) is 0 Å². The van der Waals surface area contributed by atoms with Gasteiger partial charge in [0.25, 0.3) is 0 Å². The minimum atomic E-state index is -4.45. The second-order valence-corrected chi connectivity index (χ2v) is 5.32. The summed E-state index contributed by atoms with van der Waals surface area (Å²) in [6.07, 6.45) is -5.14. The van der Waals surface area contributed by atoms with E-state index in [0.29, 0.717) is 5.56 Å². The van der Waals surface area contributed by atoms with Crippen LogP contribution in [0.15, 0.2) is 41.6 Å². The molecule has 0 unspecified atom stereocenters. The van der Waals surface area contributed by atoms with Crippen LogP contribution in [0.5, 0.6) is 5.75 Å². The van der Waals surface area contributed by atoms with E-state index in [-0.39, 0.29) is 23.3 Å². The molecule has 0 aliphatic carbocycles. The molecule has 3 rings (SSSR count). The van der Waals surface area contributed by atoms with Crippen molar-refractivity contribution < 1.29 is 27.5 Å². The Morgan fingerprint density at radius 1 is 1.25 bits per heavy atom. The predicted octanol–water partition coefficient (Wildman–Crippen LogP) is 3.62. The molecule has 2 aromatic carbocycles. The van der Waals surface area contributed by atoms with Gasteiger partial charge in [-0.25, -0.2) is 4.39 Å². The molecule has 126 valence electrons. The van der Waals surface area contributed by atoms with Crippen molar-refractivity contribution in [3.8, 4) is 5.75 Å². The Balaban J connectivity index is 1.94. The number of oxime groups is 1. The molecule has 2 aromatic rings. The fourth-order valence-electron chi connectivity index (χ4n) is 2.65. The molecule has 24 heavy (non-hydrogen) atoms. The summed E-state index contributed by atoms with van der Waals surface area (Å²) in [6, 6.07) is 7.43. The van der Waals surface area contributed by atoms with E-state index in [1.807, 2.05) is 0 Å². The Bertz CT molecular complexity index is 818. The van der Waals surface area contributed by atoms with E-state index >= 15 is 0 Å². The van der Waals surface area contributed by atoms with Gasteiger partial charge in [0, 0.05) is 12.0 Å². The second-order valence-electron chi connectivity index (χ2n) is 5.32. The smallest absolute Gasteiger partial charge is 0.416 e. The third-order valence-corrected chi connectivity index (χ3v) is 3.82. The minimum Gasteiger partial charge on any atom is -0.485 e. The van der Waals surface area contributed by atoms with Crippen LogP contribution >= 0.6 is 0 Å². The number of halogens is 4. The van der Waals surface area contributed by atoms with E-state index in [4.69, 9.17) is 15.7 Å². The molecule has 0 bridgehead atoms. The Morgan fingerprint density at radius 3 is 2.67 bits per heavy atom. The number of hydrogen-bond acceptors (Lipinski definition) is 3. The molecule has 1 atom stereocenters. The first-order valence-electron chi connectivity index (χ1n) is 6.94. The average Bonchev–Trinajstić information content (AvgIpc) is 2.96. The summed E-state index contributed by atoms with van der Waals surface area (Å²) >= 11 is 0. The number of ether oxygens (including phenoxy) is 1. The Kier molecular flexibility index (Phi) is 3.82. The maximum absolute atomic E-state index is 14.5. The third kappa shape index (κ3) is 2.75. The highest BCUT2D eigenvalue weighted by atomic mass is 19.4. The molecule has 1 heterocycles. The van der Waals surface area contributed by atoms with Crippen LogP contribution in [0.25, 0.3) is 0 Å². The SMILES string of the molecule is NC(=NO)c1cccc([C@@H]2Cc3cc(C(F)(F)F)ccc3O2)c1F. The third-order valence-electron chi connectivity index (χ3n) is 3.82. The normalized spacial score (nSPS) is 17.5. The first-order chi connectivity index (χ1) is 11.3. The van der Waals surface area contributed by atoms with Crippen molar-refractivity contribution in [3.63, 3.8) is 0 Å². The number of hydrogen-bond donors (Lipinski definition) is 2. The lowest BCUT2D eigenvalue weighted by atomic mass is 9.99. The Labute approximate surface area is 134 Å². The van der Waals surface area contributed by atoms with Gasteiger partial charge < -0.3 is 15.7 Å². The van der Waals surface area contributed by atoms with Gasteiger partial charge in [0.05, 0.1) is 11.1 Å². The van der Waals surface area contributed by atoms with Crippen molar-refractivity contribution >= 4 is 5.84 Å². The summed E-state index contributed by atoms with van der Waals surface area (Å²) in [5, 5.41) is 11.4. The molecule has 0 spiro atoms. The van der Waals surface area contributed by atoms with E-state index < -0.39 is 29.5 Å². The molecule has 4 nitrogen and oxygen atoms in total. The van der Waals surface area contributed by atoms with E-state index in [9.17, 15) is 17.6 Å². The van der Waals surface area contributed by atoms with Crippen molar-refractivity contribution in [2.45, 2.75) is 18.7 Å². The summed E-state index contributed by atoms with van der Waals surface area (Å²) in [5.74, 6) is -0.854. The predicted molar refractivity (Wildman–Crippen MR) is 77.4 cm³/mol. The van der Waals surface area contributed by atoms with Crippen molar-refractivity contribution in [2.75, 3.05) is 0 Å². The molecule has 0 amide bonds. The minimum absolute atomic E-state index is 0.0931. The van der Waals surface area contributed by atoms with Gasteiger partial charge in [-0.2, -0.15) is 13.2 Å². The molecular formula is C16H12F4N2O2. The standard InChI is InChI=1S/C16H12F4N2O2/c17-14-10(2-1-3-11(14)15(21)22-23)13-7-8-6-9(16(18,19)20)4-5-12(8)24-13/h1-6,13,23H,7H2,(H2,21,22)/t13-/m0/s1. The summed E-state index contributed by atoms with van der Waals surface area (Å²) in [5.41, 5.74) is 5.00. The fraction of sp³-hybridized carbons (Fsp3) is 0.188. The monoisotopic (exact) mass is 340 g/mol. The molecular weight excluding hydrogens is 328 g/mol. The lowest BCUT2D eigenvalue weighted by Gasteiger charge is -2.13. The van der Waals surface area contributed by atoms with Gasteiger partial charge in [-0.1, -0.05) is 17.3 Å². The van der Waals surface area contributed by atoms with Crippen molar-refractivity contribution in [1.82, 2.24) is 0 Å². The maximum atomic E-state index is 14.5. The van der Waals surface area contributed by atoms with Gasteiger partial charge in [-0.3, -0.25) is 0 Å².